The van der Waals surface area contributed by atoms with Crippen LogP contribution in [0.2, 0.25) is 0 Å². The zero-order valence-electron chi connectivity index (χ0n) is 34.6. The van der Waals surface area contributed by atoms with Crippen LogP contribution in [0.1, 0.15) is 83.5 Å². The number of hydrogen-bond acceptors (Lipinski definition) is 9. The Morgan fingerprint density at radius 1 is 0.984 bits per heavy atom. The Hall–Kier alpha value is -5.80. The van der Waals surface area contributed by atoms with Gasteiger partial charge in [0.15, 0.2) is 0 Å². The van der Waals surface area contributed by atoms with E-state index in [2.05, 4.69) is 18.7 Å². The first-order valence-corrected chi connectivity index (χ1v) is 21.2. The molecule has 1 fully saturated rings. The first kappa shape index (κ1) is 43.3. The number of carbonyl (C=O) groups is 1. The Bertz CT molecular complexity index is 2240. The summed E-state index contributed by atoms with van der Waals surface area (Å²) in [6.07, 6.45) is 8.64. The van der Waals surface area contributed by atoms with E-state index in [0.717, 1.165) is 42.4 Å². The van der Waals surface area contributed by atoms with Gasteiger partial charge >= 0.3 is 0 Å². The van der Waals surface area contributed by atoms with E-state index < -0.39 is 17.7 Å². The molecule has 318 valence electrons. The SMILES string of the molecule is C=CCO[C@@]12Oc3ccc(OCc4ccccc4F)cc3[C@H]3[C@H](CCCCO)[C@@H](CCCCO)C=C(C(=NOCc4ccccc4)C[C@@H]1N(C)C(=O)c1ccc(C#N)cc1)[C@H]32. The molecule has 61 heavy (non-hydrogen) atoms. The molecule has 0 spiro atoms. The molecule has 1 heterocycles. The van der Waals surface area contributed by atoms with Gasteiger partial charge in [0, 0.05) is 49.3 Å². The smallest absolute Gasteiger partial charge is 0.254 e. The van der Waals surface area contributed by atoms with Gasteiger partial charge in [-0.25, -0.2) is 4.39 Å². The summed E-state index contributed by atoms with van der Waals surface area (Å²) < 4.78 is 35.3. The lowest BCUT2D eigenvalue weighted by Gasteiger charge is -2.59. The molecule has 1 aliphatic heterocycles. The molecule has 6 atom stereocenters. The Kier molecular flexibility index (Phi) is 14.3. The summed E-state index contributed by atoms with van der Waals surface area (Å²) >= 11 is 0. The fourth-order valence-electron chi connectivity index (χ4n) is 9.39. The van der Waals surface area contributed by atoms with Gasteiger partial charge < -0.3 is 34.2 Å². The lowest BCUT2D eigenvalue weighted by Crippen LogP contribution is -2.69. The van der Waals surface area contributed by atoms with E-state index in [1.807, 2.05) is 48.5 Å². The van der Waals surface area contributed by atoms with Crippen LogP contribution in [0, 0.1) is 34.9 Å². The van der Waals surface area contributed by atoms with Gasteiger partial charge in [-0.3, -0.25) is 4.79 Å². The standard InChI is InChI=1S/C50H54FN3O7/c1-3-27-59-50-46(54(2)49(57)36-21-19-34(31-52)20-22-36)30-44(53-60-32-35-13-5-4-6-14-35)41-28-37(15-9-11-25-55)40(17-10-12-26-56)47(48(41)50)42-29-39(23-24-45(42)61-50)58-33-38-16-7-8-18-43(38)51/h3-8,13-14,16,18-24,28-29,37,40,46-48,55-56H,1,9-12,15,17,25-27,30,32-33H2,2H3/t37-,40+,46-,47+,48+,50+/m0/s1. The number of ether oxygens (including phenoxy) is 3. The van der Waals surface area contributed by atoms with Crippen LogP contribution in [0.15, 0.2) is 127 Å². The van der Waals surface area contributed by atoms with Gasteiger partial charge in [-0.05, 0) is 97.2 Å². The molecule has 1 saturated carbocycles. The largest absolute Gasteiger partial charge is 0.489 e. The molecule has 0 radical (unpaired) electrons. The summed E-state index contributed by atoms with van der Waals surface area (Å²) in [7, 11) is 1.74. The molecule has 1 amide bonds. The fraction of sp³-hybridized carbons (Fsp3) is 0.380. The number of likely N-dealkylation sites (N-methyl/N-ethyl adjacent to an activating group) is 1. The number of aliphatic hydroxyl groups excluding tert-OH is 2. The maximum atomic E-state index is 14.7. The summed E-state index contributed by atoms with van der Waals surface area (Å²) in [5.74, 6) is -1.65. The number of allylic oxidation sites excluding steroid dienone is 1. The normalized spacial score (nSPS) is 23.1. The topological polar surface area (TPSA) is 134 Å². The van der Waals surface area contributed by atoms with Crippen LogP contribution in [-0.4, -0.2) is 65.4 Å². The van der Waals surface area contributed by atoms with Crippen molar-refractivity contribution in [3.63, 3.8) is 0 Å². The molecule has 2 aliphatic carbocycles. The van der Waals surface area contributed by atoms with Crippen molar-refractivity contribution in [2.45, 2.75) is 75.9 Å². The number of oxime groups is 1. The highest BCUT2D eigenvalue weighted by molar-refractivity contribution is 6.03. The number of rotatable bonds is 19. The van der Waals surface area contributed by atoms with E-state index in [9.17, 15) is 24.7 Å². The van der Waals surface area contributed by atoms with E-state index >= 15 is 0 Å². The minimum Gasteiger partial charge on any atom is -0.489 e. The van der Waals surface area contributed by atoms with Gasteiger partial charge in [0.1, 0.15) is 36.6 Å². The van der Waals surface area contributed by atoms with Crippen LogP contribution in [0.5, 0.6) is 11.5 Å². The lowest BCUT2D eigenvalue weighted by atomic mass is 9.55. The van der Waals surface area contributed by atoms with Crippen LogP contribution in [-0.2, 0) is 22.8 Å². The highest BCUT2D eigenvalue weighted by Gasteiger charge is 2.65. The molecule has 4 aromatic carbocycles. The van der Waals surface area contributed by atoms with Gasteiger partial charge in [-0.15, -0.1) is 6.58 Å². The van der Waals surface area contributed by atoms with E-state index in [-0.39, 0.29) is 68.9 Å². The maximum absolute atomic E-state index is 14.7. The summed E-state index contributed by atoms with van der Waals surface area (Å²) in [5, 5.41) is 34.2. The van der Waals surface area contributed by atoms with Gasteiger partial charge in [0.05, 0.1) is 29.9 Å². The number of nitriles is 1. The Balaban J connectivity index is 1.40. The van der Waals surface area contributed by atoms with Crippen molar-refractivity contribution in [3.05, 3.63) is 155 Å². The molecular weight excluding hydrogens is 774 g/mol. The summed E-state index contributed by atoms with van der Waals surface area (Å²) in [4.78, 5) is 22.4. The van der Waals surface area contributed by atoms with Crippen LogP contribution in [0.25, 0.3) is 0 Å². The Morgan fingerprint density at radius 2 is 1.72 bits per heavy atom. The predicted molar refractivity (Wildman–Crippen MR) is 230 cm³/mol. The van der Waals surface area contributed by atoms with Crippen molar-refractivity contribution < 1.29 is 38.4 Å². The monoisotopic (exact) mass is 827 g/mol. The van der Waals surface area contributed by atoms with Crippen molar-refractivity contribution in [3.8, 4) is 17.6 Å². The highest BCUT2D eigenvalue weighted by Crippen LogP contribution is 2.62. The molecule has 11 heteroatoms. The second kappa shape index (κ2) is 20.2. The minimum atomic E-state index is -1.44. The third kappa shape index (κ3) is 9.42. The van der Waals surface area contributed by atoms with Crippen molar-refractivity contribution >= 4 is 11.6 Å². The number of aliphatic hydroxyl groups is 2. The number of amides is 1. The molecule has 0 bridgehead atoms. The summed E-state index contributed by atoms with van der Waals surface area (Å²) in [5.41, 5.74) is 4.71. The van der Waals surface area contributed by atoms with E-state index in [4.69, 9.17) is 24.2 Å². The van der Waals surface area contributed by atoms with E-state index in [1.54, 1.807) is 60.5 Å². The van der Waals surface area contributed by atoms with Crippen LogP contribution >= 0.6 is 0 Å². The van der Waals surface area contributed by atoms with E-state index in [1.165, 1.54) is 6.07 Å². The zero-order chi connectivity index (χ0) is 42.8. The Labute approximate surface area is 357 Å². The van der Waals surface area contributed by atoms with Crippen molar-refractivity contribution in [1.29, 1.82) is 5.26 Å². The molecule has 3 aliphatic rings. The number of nitrogens with zero attached hydrogens (tertiary/aromatic N) is 3. The summed E-state index contributed by atoms with van der Waals surface area (Å²) in [6.45, 7) is 4.54. The zero-order valence-corrected chi connectivity index (χ0v) is 34.6. The molecular formula is C50H54FN3O7. The number of hydrogen-bond donors (Lipinski definition) is 2. The van der Waals surface area contributed by atoms with Gasteiger partial charge in [0.25, 0.3) is 5.91 Å². The average Bonchev–Trinajstić information content (AvgIpc) is 3.29. The molecule has 0 unspecified atom stereocenters. The van der Waals surface area contributed by atoms with E-state index in [0.29, 0.717) is 46.7 Å². The van der Waals surface area contributed by atoms with Crippen molar-refractivity contribution in [2.75, 3.05) is 26.9 Å². The highest BCUT2D eigenvalue weighted by atomic mass is 19.1. The molecule has 2 N–H and O–H groups in total. The quantitative estimate of drug-likeness (QED) is 0.0544. The molecule has 0 saturated heterocycles. The molecule has 0 aromatic heterocycles. The number of unbranched alkanes of at least 4 members (excludes halogenated alkanes) is 2. The van der Waals surface area contributed by atoms with Crippen molar-refractivity contribution in [1.82, 2.24) is 4.90 Å². The second-order valence-corrected chi connectivity index (χ2v) is 16.0. The average molecular weight is 828 g/mol. The maximum Gasteiger partial charge on any atom is 0.254 e. The van der Waals surface area contributed by atoms with Crippen LogP contribution in [0.3, 0.4) is 0 Å². The number of halogens is 1. The van der Waals surface area contributed by atoms with Crippen LogP contribution in [0.4, 0.5) is 4.39 Å². The fourth-order valence-corrected chi connectivity index (χ4v) is 9.39. The number of carbonyl (C=O) groups excluding carboxylic acids is 1. The third-order valence-corrected chi connectivity index (χ3v) is 12.3. The molecule has 7 rings (SSSR count). The molecule has 4 aromatic rings. The molecule has 10 nitrogen and oxygen atoms in total. The van der Waals surface area contributed by atoms with Crippen LogP contribution < -0.4 is 9.47 Å². The second-order valence-electron chi connectivity index (χ2n) is 16.0. The predicted octanol–water partition coefficient (Wildman–Crippen LogP) is 8.88. The summed E-state index contributed by atoms with van der Waals surface area (Å²) in [6, 6.07) is 30.0. The first-order valence-electron chi connectivity index (χ1n) is 21.2. The Morgan fingerprint density at radius 3 is 2.44 bits per heavy atom. The van der Waals surface area contributed by atoms with Gasteiger partial charge in [0.2, 0.25) is 5.79 Å². The lowest BCUT2D eigenvalue weighted by molar-refractivity contribution is -0.252. The number of benzene rings is 4. The number of fused-ring (bicyclic) bond motifs is 2. The first-order chi connectivity index (χ1) is 29.8. The van der Waals surface area contributed by atoms with Crippen molar-refractivity contribution in [2.24, 2.45) is 22.9 Å². The minimum absolute atomic E-state index is 0.0138. The third-order valence-electron chi connectivity index (χ3n) is 12.3. The van der Waals surface area contributed by atoms with Gasteiger partial charge in [-0.2, -0.15) is 5.26 Å². The van der Waals surface area contributed by atoms with Gasteiger partial charge in [-0.1, -0.05) is 78.7 Å².